The quantitative estimate of drug-likeness (QED) is 0.193. The standard InChI is InChI=1S/C29H9N.16Ra.16H/c1-18-4-8-26-20(12-18)14-22-16-24(6-10-28(22)26)30(3)25-7-11-29-23(17-25)15-21-13-19(2)5-9-27(21)29;;;;;;;;;;;;;;;;;;;;;;;;;;;;;;;;/h1-3H3;;;;;;;;;;;;;;;;;;;;;;;;;;;;;;;;. The molecule has 46 heavy (non-hydrogen) atoms. The molecule has 0 saturated carbocycles. The molecule has 0 amide bonds. The van der Waals surface area contributed by atoms with Gasteiger partial charge in [0.2, 0.25) is 0 Å². The van der Waals surface area contributed by atoms with E-state index in [1.165, 1.54) is 0 Å². The molecular formula is C29H25NRa16. The van der Waals surface area contributed by atoms with E-state index in [-0.39, 0.29) is 0 Å². The number of anilines is 2. The van der Waals surface area contributed by atoms with Crippen LogP contribution in [0.5, 0.6) is 0 Å². The van der Waals surface area contributed by atoms with Gasteiger partial charge in [0.1, 0.15) is 0 Å². The zero-order valence-electron chi connectivity index (χ0n) is 32.4. The molecule has 4 aromatic rings. The average Bonchev–Trinajstić information content (AvgIpc) is 3.38. The molecule has 0 heterocycles. The van der Waals surface area contributed by atoms with E-state index >= 15 is 0 Å². The summed E-state index contributed by atoms with van der Waals surface area (Å²) in [5.41, 5.74) is 24.1. The fraction of sp³-hybridized carbons (Fsp3) is 0.172. The summed E-state index contributed by atoms with van der Waals surface area (Å²) in [6.45, 7) is 5.19. The minimum absolute atomic E-state index is 0.353. The Balaban J connectivity index is 1.66. The van der Waals surface area contributed by atoms with Crippen LogP contribution in [0.25, 0.3) is 22.3 Å². The Morgan fingerprint density at radius 3 is 0.870 bits per heavy atom. The predicted octanol–water partition coefficient (Wildman–Crippen LogP) is -7.56. The zero-order valence-corrected chi connectivity index (χ0v) is 164. The fourth-order valence-corrected chi connectivity index (χ4v) is 182. The van der Waals surface area contributed by atoms with Crippen molar-refractivity contribution in [1.82, 2.24) is 0 Å². The first-order chi connectivity index (χ1) is 21.1. The van der Waals surface area contributed by atoms with Gasteiger partial charge in [0.05, 0.1) is 0 Å². The van der Waals surface area contributed by atoms with Gasteiger partial charge in [-0.3, -0.25) is 0 Å². The van der Waals surface area contributed by atoms with Crippen molar-refractivity contribution < 1.29 is 685 Å². The van der Waals surface area contributed by atoms with E-state index in [2.05, 4.69) is 50.5 Å². The molecule has 1 nitrogen and oxygen atoms in total. The van der Waals surface area contributed by atoms with Crippen molar-refractivity contribution in [2.24, 2.45) is 0 Å². The van der Waals surface area contributed by atoms with E-state index in [0.29, 0.717) is 676 Å². The summed E-state index contributed by atoms with van der Waals surface area (Å²) >= 11 is 7.00. The van der Waals surface area contributed by atoms with Gasteiger partial charge < -0.3 is 0 Å². The topological polar surface area (TPSA) is 3.24 Å². The normalized spacial score (nSPS) is 14.5. The summed E-state index contributed by atoms with van der Waals surface area (Å²) in [6, 6.07) is 0. The van der Waals surface area contributed by atoms with Crippen molar-refractivity contribution in [3.05, 3.63) is 33.4 Å². The SMILES string of the molecule is Cc1[c]([RaH])[c]([RaH])c2c([c]1[RaH])[C]([RaH])([RaH])c1[c]([RaH])c(N(C)c3[c]([RaH])[c]([RaH])c4c([c]3[RaH])[C]([RaH])([RaH])c3[c]([RaH])c(C)[c]([RaH])[c]([RaH])c3-4)[c]([RaH])[c]([RaH])c1-2. The van der Waals surface area contributed by atoms with E-state index in [1.54, 1.807) is 0 Å². The summed E-state index contributed by atoms with van der Waals surface area (Å²) in [7, 11) is 2.67. The summed E-state index contributed by atoms with van der Waals surface area (Å²) in [5.74, 6) is 0. The van der Waals surface area contributed by atoms with Gasteiger partial charge >= 0.3 is 776 Å². The molecule has 0 fully saturated rings. The Bertz CT molecular complexity index is 1970. The van der Waals surface area contributed by atoms with E-state index in [0.717, 1.165) is 0 Å². The third-order valence-electron chi connectivity index (χ3n) is 13.6. The Kier molecular flexibility index (Phi) is 28.2. The first-order valence-corrected chi connectivity index (χ1v) is 83.2. The third kappa shape index (κ3) is 10.5. The Hall–Kier alpha value is 20.2. The molecule has 17 heteroatoms. The zero-order chi connectivity index (χ0) is 34.4. The summed E-state index contributed by atoms with van der Waals surface area (Å²) < 4.78 is 25.8. The van der Waals surface area contributed by atoms with Gasteiger partial charge in [-0.05, 0) is 0 Å². The van der Waals surface area contributed by atoms with E-state index in [4.69, 9.17) is 0 Å². The van der Waals surface area contributed by atoms with Gasteiger partial charge in [-0.2, -0.15) is 0 Å². The number of rotatable bonds is 2. The second-order valence-corrected chi connectivity index (χ2v) is 166. The van der Waals surface area contributed by atoms with Crippen LogP contribution in [0.1, 0.15) is 33.4 Å². The van der Waals surface area contributed by atoms with Crippen LogP contribution in [-0.4, -0.2) is 7.05 Å². The fourth-order valence-electron chi connectivity index (χ4n) is 10.6. The van der Waals surface area contributed by atoms with Gasteiger partial charge in [-0.25, -0.2) is 0 Å². The van der Waals surface area contributed by atoms with Gasteiger partial charge in [0.15, 0.2) is 0 Å². The Morgan fingerprint density at radius 2 is 0.587 bits per heavy atom. The van der Waals surface area contributed by atoms with Gasteiger partial charge in [0.25, 0.3) is 0 Å². The van der Waals surface area contributed by atoms with Crippen molar-refractivity contribution in [2.45, 2.75) is 4.84 Å². The first kappa shape index (κ1) is 55.5. The summed E-state index contributed by atoms with van der Waals surface area (Å²) in [4.78, 5) is 3.06. The average molecular weight is 4000 g/mol. The minimum atomic E-state index is 0.353. The molecule has 2 aliphatic carbocycles. The molecule has 0 unspecified atom stereocenters. The molecule has 0 bridgehead atoms. The molecule has 0 aromatic heterocycles. The van der Waals surface area contributed by atoms with Crippen LogP contribution in [0.2, 0.25) is 0 Å². The molecule has 0 N–H and O–H groups in total. The number of benzene rings is 4. The molecule has 0 radical (unpaired) electrons. The molecule has 178 valence electrons. The molecular weight excluding hydrogens is 3980 g/mol. The number of hydrogen-bond acceptors (Lipinski definition) is 1. The second kappa shape index (κ2) is 23.4. The summed E-state index contributed by atoms with van der Waals surface area (Å²) in [5, 5.41) is 0. The van der Waals surface area contributed by atoms with Crippen molar-refractivity contribution in [3.8, 4) is 22.3 Å². The van der Waals surface area contributed by atoms with Crippen LogP contribution in [0.3, 0.4) is 0 Å². The first-order valence-electron chi connectivity index (χ1n) is 17.4. The molecule has 2 aliphatic rings. The predicted molar refractivity (Wildman–Crippen MR) is 141 cm³/mol. The maximum absolute atomic E-state index is 3.06. The second-order valence-electron chi connectivity index (χ2n) is 16.3. The van der Waals surface area contributed by atoms with Crippen molar-refractivity contribution in [1.29, 1.82) is 0 Å². The molecule has 4 aromatic carbocycles. The van der Waals surface area contributed by atoms with Crippen LogP contribution >= 0.6 is 0 Å². The number of nitrogens with zero attached hydrogens (tertiary/aromatic N) is 1. The van der Waals surface area contributed by atoms with Crippen LogP contribution in [0, 0.1) is 699 Å². The molecule has 0 spiro atoms. The van der Waals surface area contributed by atoms with Crippen LogP contribution in [-0.2, 0) is -9.01 Å². The van der Waals surface area contributed by atoms with Crippen molar-refractivity contribution in [2.75, 3.05) is 11.9 Å². The summed E-state index contributed by atoms with van der Waals surface area (Å²) in [6.07, 6.45) is 0. The van der Waals surface area contributed by atoms with E-state index < -0.39 is 0 Å². The molecule has 0 aliphatic heterocycles. The van der Waals surface area contributed by atoms with Crippen LogP contribution < -0.4 is 12.2 Å². The van der Waals surface area contributed by atoms with Crippen LogP contribution in [0.15, 0.2) is 0 Å². The molecule has 0 atom stereocenters. The van der Waals surface area contributed by atoms with Gasteiger partial charge in [-0.15, -0.1) is 0 Å². The van der Waals surface area contributed by atoms with Crippen molar-refractivity contribution >= 4 is 18.6 Å². The van der Waals surface area contributed by atoms with Crippen molar-refractivity contribution in [3.63, 3.8) is 0 Å². The Labute approximate surface area is 742 Å². The van der Waals surface area contributed by atoms with E-state index in [1.807, 2.05) is 49.6 Å². The van der Waals surface area contributed by atoms with Gasteiger partial charge in [-0.1, -0.05) is 0 Å². The van der Waals surface area contributed by atoms with Gasteiger partial charge in [0, 0.05) is 0 Å². The van der Waals surface area contributed by atoms with E-state index in [9.17, 15) is 0 Å². The Morgan fingerprint density at radius 1 is 0.348 bits per heavy atom. The van der Waals surface area contributed by atoms with Crippen LogP contribution in [0.4, 0.5) is 11.4 Å². The maximum atomic E-state index is 3.06. The number of hydrogen-bond donors (Lipinski definition) is 0. The third-order valence-corrected chi connectivity index (χ3v) is 159. The molecule has 6 rings (SSSR count). The monoisotopic (exact) mass is 4000 g/mol. The molecule has 0 saturated heterocycles. The number of fused-ring (bicyclic) bond motifs is 6.